The maximum atomic E-state index is 13.9. The lowest BCUT2D eigenvalue weighted by Gasteiger charge is -2.22. The molecule has 4 nitrogen and oxygen atoms in total. The molecule has 0 aromatic heterocycles. The Morgan fingerprint density at radius 2 is 2.14 bits per heavy atom. The molecule has 0 unspecified atom stereocenters. The van der Waals surface area contributed by atoms with Crippen LogP contribution in [0.4, 0.5) is 8.78 Å². The molecule has 22 heavy (non-hydrogen) atoms. The van der Waals surface area contributed by atoms with E-state index in [0.717, 1.165) is 0 Å². The second-order valence-corrected chi connectivity index (χ2v) is 7.44. The SMILES string of the molecule is Br.CCS(=O)(=O)N[C@@H]1[C@H](Cc2cccc(Cl)c2F)NC[C@@H]1F. The number of hydrogen-bond donors (Lipinski definition) is 2. The van der Waals surface area contributed by atoms with Crippen LogP contribution >= 0.6 is 28.6 Å². The third-order valence-corrected chi connectivity index (χ3v) is 5.25. The molecule has 1 aromatic carbocycles. The normalized spacial score (nSPS) is 25.0. The van der Waals surface area contributed by atoms with Gasteiger partial charge in [-0.1, -0.05) is 23.7 Å². The largest absolute Gasteiger partial charge is 0.309 e. The predicted molar refractivity (Wildman–Crippen MR) is 88.5 cm³/mol. The van der Waals surface area contributed by atoms with E-state index in [1.165, 1.54) is 13.0 Å². The first kappa shape index (κ1) is 19.8. The Morgan fingerprint density at radius 1 is 1.45 bits per heavy atom. The van der Waals surface area contributed by atoms with Crippen molar-refractivity contribution >= 4 is 38.6 Å². The summed E-state index contributed by atoms with van der Waals surface area (Å²) in [5.41, 5.74) is 0.329. The minimum atomic E-state index is -3.53. The maximum Gasteiger partial charge on any atom is 0.211 e. The van der Waals surface area contributed by atoms with Gasteiger partial charge in [-0.2, -0.15) is 0 Å². The Morgan fingerprint density at radius 3 is 2.77 bits per heavy atom. The Kier molecular flexibility index (Phi) is 7.20. The fourth-order valence-electron chi connectivity index (χ4n) is 2.36. The van der Waals surface area contributed by atoms with Gasteiger partial charge in [-0.3, -0.25) is 0 Å². The van der Waals surface area contributed by atoms with Gasteiger partial charge in [0.2, 0.25) is 10.0 Å². The first-order chi connectivity index (χ1) is 9.84. The molecule has 1 fully saturated rings. The van der Waals surface area contributed by atoms with Gasteiger partial charge >= 0.3 is 0 Å². The second kappa shape index (κ2) is 8.01. The van der Waals surface area contributed by atoms with Crippen LogP contribution in [-0.4, -0.2) is 39.0 Å². The van der Waals surface area contributed by atoms with Crippen molar-refractivity contribution in [2.45, 2.75) is 31.6 Å². The van der Waals surface area contributed by atoms with E-state index in [4.69, 9.17) is 11.6 Å². The molecule has 126 valence electrons. The maximum absolute atomic E-state index is 13.9. The summed E-state index contributed by atoms with van der Waals surface area (Å²) in [6.07, 6.45) is -1.19. The molecule has 0 spiro atoms. The van der Waals surface area contributed by atoms with E-state index in [1.807, 2.05) is 0 Å². The summed E-state index contributed by atoms with van der Waals surface area (Å²) < 4.78 is 53.3. The number of benzene rings is 1. The van der Waals surface area contributed by atoms with Gasteiger partial charge in [0.15, 0.2) is 0 Å². The summed E-state index contributed by atoms with van der Waals surface area (Å²) in [6.45, 7) is 1.51. The van der Waals surface area contributed by atoms with E-state index >= 15 is 0 Å². The minimum Gasteiger partial charge on any atom is -0.309 e. The monoisotopic (exact) mass is 418 g/mol. The van der Waals surface area contributed by atoms with Gasteiger partial charge in [0.05, 0.1) is 16.8 Å². The Hall–Kier alpha value is -0.280. The van der Waals surface area contributed by atoms with Gasteiger partial charge in [-0.25, -0.2) is 21.9 Å². The fraction of sp³-hybridized carbons (Fsp3) is 0.538. The van der Waals surface area contributed by atoms with Crippen LogP contribution in [-0.2, 0) is 16.4 Å². The molecule has 1 aliphatic heterocycles. The molecule has 0 saturated carbocycles. The van der Waals surface area contributed by atoms with Crippen molar-refractivity contribution < 1.29 is 17.2 Å². The molecule has 9 heteroatoms. The molecular formula is C13H18BrClF2N2O2S. The molecule has 0 bridgehead atoms. The highest BCUT2D eigenvalue weighted by Crippen LogP contribution is 2.22. The first-order valence-corrected chi connectivity index (χ1v) is 8.67. The van der Waals surface area contributed by atoms with E-state index < -0.39 is 34.1 Å². The number of sulfonamides is 1. The average Bonchev–Trinajstić information content (AvgIpc) is 2.76. The van der Waals surface area contributed by atoms with Crippen LogP contribution in [0.25, 0.3) is 0 Å². The van der Waals surface area contributed by atoms with E-state index in [1.54, 1.807) is 12.1 Å². The van der Waals surface area contributed by atoms with E-state index in [-0.39, 0.29) is 40.7 Å². The van der Waals surface area contributed by atoms with Crippen molar-refractivity contribution in [1.82, 2.24) is 10.0 Å². The van der Waals surface area contributed by atoms with Crippen LogP contribution in [0.15, 0.2) is 18.2 Å². The fourth-order valence-corrected chi connectivity index (χ4v) is 3.45. The third kappa shape index (κ3) is 4.61. The second-order valence-electron chi connectivity index (χ2n) is 4.99. The zero-order valence-corrected chi connectivity index (χ0v) is 15.1. The van der Waals surface area contributed by atoms with Crippen molar-refractivity contribution in [3.8, 4) is 0 Å². The number of rotatable bonds is 5. The lowest BCUT2D eigenvalue weighted by Crippen LogP contribution is -2.48. The Labute approximate surface area is 144 Å². The average molecular weight is 420 g/mol. The van der Waals surface area contributed by atoms with Crippen molar-refractivity contribution in [3.05, 3.63) is 34.6 Å². The molecule has 0 amide bonds. The van der Waals surface area contributed by atoms with Crippen LogP contribution in [0.5, 0.6) is 0 Å². The molecular weight excluding hydrogens is 402 g/mol. The van der Waals surface area contributed by atoms with Crippen molar-refractivity contribution in [2.24, 2.45) is 0 Å². The van der Waals surface area contributed by atoms with Gasteiger partial charge in [0.1, 0.15) is 12.0 Å². The summed E-state index contributed by atoms with van der Waals surface area (Å²) in [5.74, 6) is -0.686. The van der Waals surface area contributed by atoms with Crippen LogP contribution in [0, 0.1) is 5.82 Å². The van der Waals surface area contributed by atoms with Crippen LogP contribution in [0.1, 0.15) is 12.5 Å². The third-order valence-electron chi connectivity index (χ3n) is 3.57. The number of alkyl halides is 1. The zero-order chi connectivity index (χ0) is 15.6. The summed E-state index contributed by atoms with van der Waals surface area (Å²) in [6, 6.07) is 3.16. The summed E-state index contributed by atoms with van der Waals surface area (Å²) in [4.78, 5) is 0. The van der Waals surface area contributed by atoms with E-state index in [9.17, 15) is 17.2 Å². The van der Waals surface area contributed by atoms with Crippen LogP contribution in [0.3, 0.4) is 0 Å². The molecule has 2 rings (SSSR count). The van der Waals surface area contributed by atoms with E-state index in [2.05, 4.69) is 10.0 Å². The van der Waals surface area contributed by atoms with Gasteiger partial charge in [-0.15, -0.1) is 17.0 Å². The molecule has 1 saturated heterocycles. The summed E-state index contributed by atoms with van der Waals surface area (Å²) >= 11 is 5.71. The molecule has 1 aromatic rings. The van der Waals surface area contributed by atoms with Gasteiger partial charge in [-0.05, 0) is 25.0 Å². The number of hydrogen-bond acceptors (Lipinski definition) is 3. The standard InChI is InChI=1S/C13H17ClF2N2O2S.BrH/c1-2-21(19,20)18-13-10(15)7-17-11(13)6-8-4-3-5-9(14)12(8)16;/h3-5,10-11,13,17-18H,2,6-7H2,1H3;1H/t10-,11-,13-;/m0./s1. The number of nitrogens with one attached hydrogen (secondary N) is 2. The first-order valence-electron chi connectivity index (χ1n) is 6.64. The minimum absolute atomic E-state index is 0. The highest BCUT2D eigenvalue weighted by molar-refractivity contribution is 8.93. The van der Waals surface area contributed by atoms with Crippen molar-refractivity contribution in [2.75, 3.05) is 12.3 Å². The van der Waals surface area contributed by atoms with Gasteiger partial charge in [0, 0.05) is 12.6 Å². The Balaban J connectivity index is 0.00000242. The lowest BCUT2D eigenvalue weighted by atomic mass is 10.0. The van der Waals surface area contributed by atoms with Crippen LogP contribution in [0.2, 0.25) is 5.02 Å². The van der Waals surface area contributed by atoms with E-state index in [0.29, 0.717) is 5.56 Å². The Bertz CT molecular complexity index is 618. The summed E-state index contributed by atoms with van der Waals surface area (Å²) in [7, 11) is -3.53. The molecule has 2 N–H and O–H groups in total. The lowest BCUT2D eigenvalue weighted by molar-refractivity contribution is 0.304. The van der Waals surface area contributed by atoms with Gasteiger partial charge in [0.25, 0.3) is 0 Å². The molecule has 0 aliphatic carbocycles. The molecule has 1 heterocycles. The van der Waals surface area contributed by atoms with Crippen molar-refractivity contribution in [3.63, 3.8) is 0 Å². The predicted octanol–water partition coefficient (Wildman–Crippen LogP) is 2.22. The summed E-state index contributed by atoms with van der Waals surface area (Å²) in [5, 5.41) is 2.88. The topological polar surface area (TPSA) is 58.2 Å². The molecule has 0 radical (unpaired) electrons. The highest BCUT2D eigenvalue weighted by atomic mass is 79.9. The molecule has 3 atom stereocenters. The highest BCUT2D eigenvalue weighted by Gasteiger charge is 2.38. The quantitative estimate of drug-likeness (QED) is 0.769. The number of halogens is 4. The van der Waals surface area contributed by atoms with Crippen LogP contribution < -0.4 is 10.0 Å². The molecule has 1 aliphatic rings. The zero-order valence-electron chi connectivity index (χ0n) is 11.9. The van der Waals surface area contributed by atoms with Crippen molar-refractivity contribution in [1.29, 1.82) is 0 Å². The smallest absolute Gasteiger partial charge is 0.211 e. The van der Waals surface area contributed by atoms with Gasteiger partial charge < -0.3 is 5.32 Å².